The molecule has 2 aromatic carbocycles. The van der Waals surface area contributed by atoms with E-state index in [9.17, 15) is 18.0 Å². The number of amides is 1. The lowest BCUT2D eigenvalue weighted by Gasteiger charge is -2.19. The second-order valence-electron chi connectivity index (χ2n) is 6.83. The number of para-hydroxylation sites is 1. The van der Waals surface area contributed by atoms with Gasteiger partial charge < -0.3 is 4.90 Å². The van der Waals surface area contributed by atoms with Crippen LogP contribution in [-0.4, -0.2) is 26.8 Å². The molecule has 1 aromatic heterocycles. The first-order valence-electron chi connectivity index (χ1n) is 9.10. The number of aryl methyl sites for hydroxylation is 1. The van der Waals surface area contributed by atoms with Gasteiger partial charge in [0.25, 0.3) is 0 Å². The summed E-state index contributed by atoms with van der Waals surface area (Å²) in [6.45, 7) is 1.72. The number of nitrogens with zero attached hydrogens (tertiary/aromatic N) is 3. The molecule has 0 spiro atoms. The topological polar surface area (TPSA) is 38.1 Å². The standard InChI is InChI=1S/C21H17ClF3N3O/c1-2-13-5-3-4-6-18(13)28-19(14-7-9-15(22)10-8-14)16-11-27(12-17(16)26-28)20(29)21(23,24)25/h3-10H,2,11-12H2,1H3. The first-order valence-corrected chi connectivity index (χ1v) is 9.48. The van der Waals surface area contributed by atoms with Crippen LogP contribution < -0.4 is 0 Å². The van der Waals surface area contributed by atoms with Gasteiger partial charge in [-0.2, -0.15) is 18.3 Å². The van der Waals surface area contributed by atoms with Crippen molar-refractivity contribution in [3.05, 3.63) is 70.4 Å². The Kier molecular flexibility index (Phi) is 4.86. The van der Waals surface area contributed by atoms with Gasteiger partial charge in [0.1, 0.15) is 0 Å². The normalized spacial score (nSPS) is 13.6. The zero-order valence-corrected chi connectivity index (χ0v) is 16.3. The lowest BCUT2D eigenvalue weighted by atomic mass is 10.1. The van der Waals surface area contributed by atoms with Gasteiger partial charge in [0, 0.05) is 16.1 Å². The number of halogens is 4. The summed E-state index contributed by atoms with van der Waals surface area (Å²) < 4.78 is 40.5. The van der Waals surface area contributed by atoms with Gasteiger partial charge in [-0.1, -0.05) is 48.9 Å². The van der Waals surface area contributed by atoms with E-state index in [4.69, 9.17) is 11.6 Å². The maximum Gasteiger partial charge on any atom is 0.471 e. The van der Waals surface area contributed by atoms with Crippen molar-refractivity contribution in [3.8, 4) is 16.9 Å². The van der Waals surface area contributed by atoms with E-state index in [1.165, 1.54) is 0 Å². The van der Waals surface area contributed by atoms with Gasteiger partial charge in [-0.3, -0.25) is 4.79 Å². The Morgan fingerprint density at radius 3 is 2.45 bits per heavy atom. The SMILES string of the molecule is CCc1ccccc1-n1nc2c(c1-c1ccc(Cl)cc1)CN(C(=O)C(F)(F)F)C2. The molecule has 0 unspecified atom stereocenters. The van der Waals surface area contributed by atoms with Gasteiger partial charge >= 0.3 is 12.1 Å². The van der Waals surface area contributed by atoms with E-state index in [-0.39, 0.29) is 13.1 Å². The smallest absolute Gasteiger partial charge is 0.324 e. The van der Waals surface area contributed by atoms with Gasteiger partial charge in [0.05, 0.1) is 30.2 Å². The molecule has 1 aliphatic heterocycles. The molecule has 29 heavy (non-hydrogen) atoms. The van der Waals surface area contributed by atoms with Crippen molar-refractivity contribution < 1.29 is 18.0 Å². The van der Waals surface area contributed by atoms with Gasteiger partial charge in [-0.05, 0) is 30.2 Å². The maximum atomic E-state index is 12.9. The van der Waals surface area contributed by atoms with Crippen molar-refractivity contribution in [2.24, 2.45) is 0 Å². The first kappa shape index (κ1) is 19.5. The third kappa shape index (κ3) is 3.51. The van der Waals surface area contributed by atoms with Crippen LogP contribution in [0.1, 0.15) is 23.7 Å². The molecular weight excluding hydrogens is 403 g/mol. The maximum absolute atomic E-state index is 12.9. The monoisotopic (exact) mass is 419 g/mol. The fourth-order valence-electron chi connectivity index (χ4n) is 3.63. The number of hydrogen-bond acceptors (Lipinski definition) is 2. The van der Waals surface area contributed by atoms with Crippen LogP contribution in [-0.2, 0) is 24.3 Å². The highest BCUT2D eigenvalue weighted by molar-refractivity contribution is 6.30. The van der Waals surface area contributed by atoms with E-state index in [2.05, 4.69) is 5.10 Å². The number of aromatic nitrogens is 2. The van der Waals surface area contributed by atoms with Crippen molar-refractivity contribution in [1.82, 2.24) is 14.7 Å². The van der Waals surface area contributed by atoms with E-state index in [0.717, 1.165) is 28.1 Å². The molecule has 0 aliphatic carbocycles. The Morgan fingerprint density at radius 2 is 1.79 bits per heavy atom. The number of rotatable bonds is 3. The first-order chi connectivity index (χ1) is 13.8. The highest BCUT2D eigenvalue weighted by atomic mass is 35.5. The van der Waals surface area contributed by atoms with E-state index >= 15 is 0 Å². The fourth-order valence-corrected chi connectivity index (χ4v) is 3.76. The molecule has 3 aromatic rings. The van der Waals surface area contributed by atoms with Crippen LogP contribution in [0.25, 0.3) is 16.9 Å². The Labute approximate surface area is 170 Å². The highest BCUT2D eigenvalue weighted by Gasteiger charge is 2.45. The van der Waals surface area contributed by atoms with E-state index in [0.29, 0.717) is 22.0 Å². The van der Waals surface area contributed by atoms with Crippen molar-refractivity contribution in [2.45, 2.75) is 32.6 Å². The van der Waals surface area contributed by atoms with Crippen molar-refractivity contribution in [3.63, 3.8) is 0 Å². The van der Waals surface area contributed by atoms with E-state index in [1.54, 1.807) is 28.9 Å². The fraction of sp³-hybridized carbons (Fsp3) is 0.238. The molecule has 0 bridgehead atoms. The predicted molar refractivity (Wildman–Crippen MR) is 104 cm³/mol. The van der Waals surface area contributed by atoms with Crippen LogP contribution in [0.3, 0.4) is 0 Å². The summed E-state index contributed by atoms with van der Waals surface area (Å²) in [5, 5.41) is 5.16. The minimum Gasteiger partial charge on any atom is -0.324 e. The number of hydrogen-bond donors (Lipinski definition) is 0. The van der Waals surface area contributed by atoms with Crippen LogP contribution >= 0.6 is 11.6 Å². The van der Waals surface area contributed by atoms with E-state index < -0.39 is 12.1 Å². The van der Waals surface area contributed by atoms with Crippen molar-refractivity contribution in [2.75, 3.05) is 0 Å². The second kappa shape index (κ2) is 7.22. The van der Waals surface area contributed by atoms with Crippen molar-refractivity contribution >= 4 is 17.5 Å². The van der Waals surface area contributed by atoms with Crippen LogP contribution in [0.5, 0.6) is 0 Å². The number of carbonyl (C=O) groups excluding carboxylic acids is 1. The van der Waals surface area contributed by atoms with Gasteiger partial charge in [0.2, 0.25) is 0 Å². The molecular formula is C21H17ClF3N3O. The van der Waals surface area contributed by atoms with Gasteiger partial charge in [-0.25, -0.2) is 4.68 Å². The lowest BCUT2D eigenvalue weighted by Crippen LogP contribution is -2.37. The van der Waals surface area contributed by atoms with Crippen LogP contribution in [0.2, 0.25) is 5.02 Å². The summed E-state index contributed by atoms with van der Waals surface area (Å²) in [5.41, 5.74) is 4.47. The molecule has 0 fully saturated rings. The average molecular weight is 420 g/mol. The summed E-state index contributed by atoms with van der Waals surface area (Å²) in [4.78, 5) is 12.5. The minimum absolute atomic E-state index is 0.139. The Balaban J connectivity index is 1.86. The molecule has 4 nitrogen and oxygen atoms in total. The summed E-state index contributed by atoms with van der Waals surface area (Å²) in [5.74, 6) is -1.85. The number of benzene rings is 2. The van der Waals surface area contributed by atoms with Crippen LogP contribution in [0, 0.1) is 0 Å². The summed E-state index contributed by atoms with van der Waals surface area (Å²) in [6, 6.07) is 14.8. The number of fused-ring (bicyclic) bond motifs is 1. The molecule has 0 radical (unpaired) electrons. The third-order valence-electron chi connectivity index (χ3n) is 5.00. The second-order valence-corrected chi connectivity index (χ2v) is 7.27. The Bertz CT molecular complexity index is 1070. The minimum atomic E-state index is -4.91. The zero-order valence-electron chi connectivity index (χ0n) is 15.5. The molecule has 2 heterocycles. The van der Waals surface area contributed by atoms with Crippen LogP contribution in [0.15, 0.2) is 48.5 Å². The average Bonchev–Trinajstić information content (AvgIpc) is 3.25. The summed E-state index contributed by atoms with van der Waals surface area (Å²) >= 11 is 6.01. The molecule has 150 valence electrons. The van der Waals surface area contributed by atoms with Gasteiger partial charge in [-0.15, -0.1) is 0 Å². The molecule has 1 amide bonds. The van der Waals surface area contributed by atoms with Crippen LogP contribution in [0.4, 0.5) is 13.2 Å². The highest BCUT2D eigenvalue weighted by Crippen LogP contribution is 2.37. The molecule has 1 aliphatic rings. The molecule has 0 saturated carbocycles. The summed E-state index contributed by atoms with van der Waals surface area (Å²) in [6.07, 6.45) is -4.13. The Hall–Kier alpha value is -2.80. The molecule has 0 N–H and O–H groups in total. The molecule has 0 saturated heterocycles. The van der Waals surface area contributed by atoms with E-state index in [1.807, 2.05) is 31.2 Å². The summed E-state index contributed by atoms with van der Waals surface area (Å²) in [7, 11) is 0. The number of carbonyl (C=O) groups is 1. The molecule has 0 atom stereocenters. The third-order valence-corrected chi connectivity index (χ3v) is 5.26. The molecule has 4 rings (SSSR count). The quantitative estimate of drug-likeness (QED) is 0.588. The molecule has 8 heteroatoms. The lowest BCUT2D eigenvalue weighted by molar-refractivity contribution is -0.186. The Morgan fingerprint density at radius 1 is 1.10 bits per heavy atom. The largest absolute Gasteiger partial charge is 0.471 e. The van der Waals surface area contributed by atoms with Crippen molar-refractivity contribution in [1.29, 1.82) is 0 Å². The zero-order chi connectivity index (χ0) is 20.8. The number of alkyl halides is 3. The predicted octanol–water partition coefficient (Wildman–Crippen LogP) is 5.16. The van der Waals surface area contributed by atoms with Gasteiger partial charge in [0.15, 0.2) is 0 Å².